The van der Waals surface area contributed by atoms with Crippen LogP contribution in [0.5, 0.6) is 11.5 Å². The van der Waals surface area contributed by atoms with Gasteiger partial charge in [-0.3, -0.25) is 0 Å². The normalized spacial score (nSPS) is 29.0. The molecule has 4 aliphatic rings. The molecular weight excluding hydrogens is 488 g/mol. The summed E-state index contributed by atoms with van der Waals surface area (Å²) in [5, 5.41) is 21.8. The Labute approximate surface area is 238 Å². The van der Waals surface area contributed by atoms with E-state index in [0.717, 1.165) is 28.7 Å². The fourth-order valence-electron chi connectivity index (χ4n) is 9.35. The van der Waals surface area contributed by atoms with Gasteiger partial charge in [-0.05, 0) is 113 Å². The second-order valence-corrected chi connectivity index (χ2v) is 14.3. The van der Waals surface area contributed by atoms with Crippen LogP contribution >= 0.6 is 0 Å². The molecule has 0 aromatic heterocycles. The van der Waals surface area contributed by atoms with Crippen LogP contribution in [0, 0.1) is 16.7 Å². The quantitative estimate of drug-likeness (QED) is 0.277. The monoisotopic (exact) mass is 528 g/mol. The van der Waals surface area contributed by atoms with Crippen molar-refractivity contribution in [2.75, 3.05) is 0 Å². The lowest BCUT2D eigenvalue weighted by Crippen LogP contribution is -2.63. The molecule has 2 unspecified atom stereocenters. The van der Waals surface area contributed by atoms with Crippen molar-refractivity contribution in [3.8, 4) is 33.8 Å². The number of rotatable bonds is 4. The summed E-state index contributed by atoms with van der Waals surface area (Å²) >= 11 is 0. The van der Waals surface area contributed by atoms with Crippen molar-refractivity contribution in [3.63, 3.8) is 0 Å². The van der Waals surface area contributed by atoms with Crippen LogP contribution in [0.1, 0.15) is 70.4 Å². The van der Waals surface area contributed by atoms with Gasteiger partial charge in [0.15, 0.2) is 0 Å². The minimum atomic E-state index is 0.0642. The third kappa shape index (κ3) is 3.83. The summed E-state index contributed by atoms with van der Waals surface area (Å²) in [6.45, 7) is 7.37. The molecule has 204 valence electrons. The molecule has 2 atom stereocenters. The summed E-state index contributed by atoms with van der Waals surface area (Å²) < 4.78 is 0. The van der Waals surface area contributed by atoms with Crippen molar-refractivity contribution in [2.24, 2.45) is 16.7 Å². The lowest BCUT2D eigenvalue weighted by Gasteiger charge is -2.70. The van der Waals surface area contributed by atoms with Gasteiger partial charge in [-0.1, -0.05) is 93.6 Å². The van der Waals surface area contributed by atoms with Crippen molar-refractivity contribution in [2.45, 2.75) is 70.1 Å². The van der Waals surface area contributed by atoms with Gasteiger partial charge in [0.25, 0.3) is 0 Å². The van der Waals surface area contributed by atoms with Gasteiger partial charge in [0.05, 0.1) is 0 Å². The summed E-state index contributed by atoms with van der Waals surface area (Å²) in [5.41, 5.74) is 7.32. The molecule has 4 bridgehead atoms. The number of hydrogen-bond acceptors (Lipinski definition) is 2. The molecule has 4 saturated carbocycles. The first-order valence-corrected chi connectivity index (χ1v) is 14.9. The first-order chi connectivity index (χ1) is 19.1. The Kier molecular flexibility index (Phi) is 5.56. The molecule has 4 aliphatic carbocycles. The minimum absolute atomic E-state index is 0.0642. The molecule has 2 nitrogen and oxygen atoms in total. The van der Waals surface area contributed by atoms with Crippen LogP contribution in [0.3, 0.4) is 0 Å². The maximum atomic E-state index is 10.9. The van der Waals surface area contributed by atoms with Gasteiger partial charge in [-0.2, -0.15) is 0 Å². The van der Waals surface area contributed by atoms with Crippen molar-refractivity contribution >= 4 is 0 Å². The summed E-state index contributed by atoms with van der Waals surface area (Å²) in [6, 6.07) is 33.5. The van der Waals surface area contributed by atoms with E-state index >= 15 is 0 Å². The van der Waals surface area contributed by atoms with Crippen LogP contribution in [0.4, 0.5) is 0 Å². The number of phenolic OH excluding ortho intramolecular Hbond substituents is 2. The minimum Gasteiger partial charge on any atom is -0.507 e. The van der Waals surface area contributed by atoms with Gasteiger partial charge in [-0.25, -0.2) is 0 Å². The zero-order valence-corrected chi connectivity index (χ0v) is 24.0. The smallest absolute Gasteiger partial charge is 0.123 e. The van der Waals surface area contributed by atoms with Crippen LogP contribution in [0.25, 0.3) is 22.3 Å². The van der Waals surface area contributed by atoms with Gasteiger partial charge >= 0.3 is 0 Å². The highest BCUT2D eigenvalue weighted by atomic mass is 16.3. The zero-order valence-electron chi connectivity index (χ0n) is 24.0. The molecule has 0 saturated heterocycles. The Morgan fingerprint density at radius 2 is 1.02 bits per heavy atom. The fourth-order valence-corrected chi connectivity index (χ4v) is 9.35. The first kappa shape index (κ1) is 25.4. The molecule has 4 fully saturated rings. The summed E-state index contributed by atoms with van der Waals surface area (Å²) in [4.78, 5) is 0. The third-order valence-electron chi connectivity index (χ3n) is 11.0. The van der Waals surface area contributed by atoms with E-state index in [4.69, 9.17) is 0 Å². The molecule has 0 spiro atoms. The SMILES string of the molecule is CC(C)(C)C12CC3CC(c4ccc(O)c(-c5ccccc5)c4)(CC(c4ccc(O)c(-c5ccccc5)c4)(C3)C1)C2. The molecular formula is C38H40O2. The van der Waals surface area contributed by atoms with Crippen LogP contribution in [-0.4, -0.2) is 10.2 Å². The molecule has 0 heterocycles. The van der Waals surface area contributed by atoms with Gasteiger partial charge < -0.3 is 10.2 Å². The molecule has 0 radical (unpaired) electrons. The van der Waals surface area contributed by atoms with Crippen molar-refractivity contribution in [1.82, 2.24) is 0 Å². The third-order valence-corrected chi connectivity index (χ3v) is 11.0. The van der Waals surface area contributed by atoms with E-state index in [2.05, 4.69) is 69.3 Å². The van der Waals surface area contributed by atoms with E-state index in [1.165, 1.54) is 43.2 Å². The van der Waals surface area contributed by atoms with Crippen LogP contribution in [0.2, 0.25) is 0 Å². The second kappa shape index (κ2) is 8.74. The van der Waals surface area contributed by atoms with Gasteiger partial charge in [0.1, 0.15) is 11.5 Å². The van der Waals surface area contributed by atoms with Gasteiger partial charge in [-0.15, -0.1) is 0 Å². The predicted molar refractivity (Wildman–Crippen MR) is 164 cm³/mol. The highest BCUT2D eigenvalue weighted by molar-refractivity contribution is 5.72. The average molecular weight is 529 g/mol. The second-order valence-electron chi connectivity index (χ2n) is 14.3. The van der Waals surface area contributed by atoms with Crippen LogP contribution < -0.4 is 0 Å². The average Bonchev–Trinajstić information content (AvgIpc) is 2.93. The molecule has 2 N–H and O–H groups in total. The maximum Gasteiger partial charge on any atom is 0.123 e. The van der Waals surface area contributed by atoms with Crippen molar-refractivity contribution in [1.29, 1.82) is 0 Å². The van der Waals surface area contributed by atoms with E-state index < -0.39 is 0 Å². The van der Waals surface area contributed by atoms with Gasteiger partial charge in [0, 0.05) is 11.1 Å². The molecule has 4 aromatic rings. The standard InChI is InChI=1S/C38H40O2/c1-35(2,3)38-22-26-20-36(24-38,29-14-16-33(39)31(18-29)27-10-6-4-7-11-27)23-37(21-26,25-38)30-15-17-34(40)32(19-30)28-12-8-5-9-13-28/h4-19,26,39-40H,20-25H2,1-3H3. The highest BCUT2D eigenvalue weighted by Crippen LogP contribution is 2.74. The zero-order chi connectivity index (χ0) is 27.8. The highest BCUT2D eigenvalue weighted by Gasteiger charge is 2.66. The summed E-state index contributed by atoms with van der Waals surface area (Å²) in [6.07, 6.45) is 7.25. The van der Waals surface area contributed by atoms with E-state index in [1.807, 2.05) is 48.5 Å². The molecule has 0 aliphatic heterocycles. The summed E-state index contributed by atoms with van der Waals surface area (Å²) in [7, 11) is 0. The number of benzene rings is 4. The number of aromatic hydroxyl groups is 2. The van der Waals surface area contributed by atoms with E-state index in [9.17, 15) is 10.2 Å². The van der Waals surface area contributed by atoms with Crippen molar-refractivity contribution in [3.05, 3.63) is 108 Å². The predicted octanol–water partition coefficient (Wildman–Crippen LogP) is 9.64. The molecule has 40 heavy (non-hydrogen) atoms. The molecule has 8 rings (SSSR count). The van der Waals surface area contributed by atoms with E-state index in [0.29, 0.717) is 17.4 Å². The number of phenols is 2. The lowest BCUT2D eigenvalue weighted by atomic mass is 9.34. The Hall–Kier alpha value is -3.52. The van der Waals surface area contributed by atoms with Crippen molar-refractivity contribution < 1.29 is 10.2 Å². The fraction of sp³-hybridized carbons (Fsp3) is 0.368. The van der Waals surface area contributed by atoms with E-state index in [1.54, 1.807) is 0 Å². The topological polar surface area (TPSA) is 40.5 Å². The Balaban J connectivity index is 1.39. The number of hydrogen-bond donors (Lipinski definition) is 2. The van der Waals surface area contributed by atoms with Gasteiger partial charge in [0.2, 0.25) is 0 Å². The molecule has 0 amide bonds. The Morgan fingerprint density at radius 1 is 0.575 bits per heavy atom. The maximum absolute atomic E-state index is 10.9. The molecule has 2 heteroatoms. The lowest BCUT2D eigenvalue weighted by molar-refractivity contribution is -0.141. The largest absolute Gasteiger partial charge is 0.507 e. The first-order valence-electron chi connectivity index (χ1n) is 14.9. The van der Waals surface area contributed by atoms with E-state index in [-0.39, 0.29) is 21.7 Å². The Morgan fingerprint density at radius 3 is 1.45 bits per heavy atom. The molecule has 4 aromatic carbocycles. The Bertz CT molecular complexity index is 1460. The summed E-state index contributed by atoms with van der Waals surface area (Å²) in [5.74, 6) is 1.37. The van der Waals surface area contributed by atoms with Crippen LogP contribution in [0.15, 0.2) is 97.1 Å². The van der Waals surface area contributed by atoms with Crippen LogP contribution in [-0.2, 0) is 10.8 Å².